The maximum absolute atomic E-state index is 12.9. The third-order valence-electron chi connectivity index (χ3n) is 5.15. The molecular weight excluding hydrogens is 425 g/mol. The molecule has 1 aliphatic carbocycles. The number of hydrogen-bond acceptors (Lipinski definition) is 4. The van der Waals surface area contributed by atoms with E-state index in [4.69, 9.17) is 4.74 Å². The smallest absolute Gasteiger partial charge is 0.416 e. The van der Waals surface area contributed by atoms with Crippen molar-refractivity contribution in [3.63, 3.8) is 0 Å². The molecule has 0 aliphatic heterocycles. The van der Waals surface area contributed by atoms with Crippen LogP contribution in [0.3, 0.4) is 0 Å². The lowest BCUT2D eigenvalue weighted by atomic mass is 10.1. The Kier molecular flexibility index (Phi) is 5.77. The highest BCUT2D eigenvalue weighted by Gasteiger charge is 2.31. The number of carbonyl (C=O) groups is 1. The average molecular weight is 446 g/mol. The quantitative estimate of drug-likeness (QED) is 0.604. The molecule has 1 fully saturated rings. The minimum atomic E-state index is -4.46. The third-order valence-corrected chi connectivity index (χ3v) is 5.15. The summed E-state index contributed by atoms with van der Waals surface area (Å²) in [6.07, 6.45) is -2.76. The van der Waals surface area contributed by atoms with Crippen LogP contribution in [0, 0.1) is 0 Å². The van der Waals surface area contributed by atoms with Crippen LogP contribution in [0.1, 0.15) is 30.0 Å². The highest BCUT2D eigenvalue weighted by molar-refractivity contribution is 5.75. The Bertz CT molecular complexity index is 1200. The van der Waals surface area contributed by atoms with Crippen LogP contribution in [0.2, 0.25) is 0 Å². The number of nitrogens with one attached hydrogen (secondary N) is 1. The first-order chi connectivity index (χ1) is 15.3. The van der Waals surface area contributed by atoms with Gasteiger partial charge in [-0.25, -0.2) is 9.48 Å². The maximum atomic E-state index is 12.9. The Morgan fingerprint density at radius 1 is 1.19 bits per heavy atom. The monoisotopic (exact) mass is 446 g/mol. The topological polar surface area (TPSA) is 78.2 Å². The molecule has 0 atom stereocenters. The van der Waals surface area contributed by atoms with Crippen molar-refractivity contribution < 1.29 is 22.7 Å². The summed E-state index contributed by atoms with van der Waals surface area (Å²) >= 11 is 0. The minimum Gasteiger partial charge on any atom is -0.497 e. The van der Waals surface area contributed by atoms with Crippen LogP contribution < -0.4 is 15.7 Å². The van der Waals surface area contributed by atoms with E-state index >= 15 is 0 Å². The van der Waals surface area contributed by atoms with E-state index in [1.165, 1.54) is 12.1 Å². The van der Waals surface area contributed by atoms with Crippen LogP contribution in [0.5, 0.6) is 5.75 Å². The second-order valence-corrected chi connectivity index (χ2v) is 7.57. The Balaban J connectivity index is 1.51. The molecule has 32 heavy (non-hydrogen) atoms. The molecule has 0 spiro atoms. The Hall–Kier alpha value is -3.56. The number of methoxy groups -OCH3 is 1. The van der Waals surface area contributed by atoms with Gasteiger partial charge in [0, 0.05) is 18.2 Å². The lowest BCUT2D eigenvalue weighted by molar-refractivity contribution is -0.137. The SMILES string of the molecule is COc1cccc(-c2nn(CC(=O)NCc3cccc(C(F)(F)F)c3)c(=O)n2C2CC2)c1. The van der Waals surface area contributed by atoms with Gasteiger partial charge in [0.2, 0.25) is 5.91 Å². The van der Waals surface area contributed by atoms with Crippen LogP contribution in [0.25, 0.3) is 11.4 Å². The number of aromatic nitrogens is 3. The third kappa shape index (κ3) is 4.68. The standard InChI is InChI=1S/C22H21F3N4O3/c1-32-18-7-3-5-15(11-18)20-27-28(21(31)29(20)17-8-9-17)13-19(30)26-12-14-4-2-6-16(10-14)22(23,24)25/h2-7,10-11,17H,8-9,12-13H2,1H3,(H,26,30). The molecule has 0 bridgehead atoms. The Morgan fingerprint density at radius 2 is 1.94 bits per heavy atom. The molecule has 1 aliphatic rings. The first kappa shape index (κ1) is 21.7. The molecule has 0 unspecified atom stereocenters. The second-order valence-electron chi connectivity index (χ2n) is 7.57. The summed E-state index contributed by atoms with van der Waals surface area (Å²) in [5.41, 5.74) is -0.191. The molecule has 10 heteroatoms. The Labute approximate surface area is 181 Å². The van der Waals surface area contributed by atoms with Crippen molar-refractivity contribution in [3.8, 4) is 17.1 Å². The van der Waals surface area contributed by atoms with Gasteiger partial charge in [-0.05, 0) is 42.7 Å². The number of halogens is 3. The summed E-state index contributed by atoms with van der Waals surface area (Å²) in [4.78, 5) is 25.3. The largest absolute Gasteiger partial charge is 0.497 e. The number of carbonyl (C=O) groups excluding carboxylic acids is 1. The van der Waals surface area contributed by atoms with Gasteiger partial charge in [-0.1, -0.05) is 24.3 Å². The predicted octanol–water partition coefficient (Wildman–Crippen LogP) is 3.39. The van der Waals surface area contributed by atoms with E-state index in [1.54, 1.807) is 35.9 Å². The van der Waals surface area contributed by atoms with Crippen molar-refractivity contribution in [3.05, 3.63) is 70.1 Å². The predicted molar refractivity (Wildman–Crippen MR) is 110 cm³/mol. The van der Waals surface area contributed by atoms with Gasteiger partial charge in [-0.15, -0.1) is 5.10 Å². The first-order valence-electron chi connectivity index (χ1n) is 10.0. The van der Waals surface area contributed by atoms with Gasteiger partial charge in [0.15, 0.2) is 5.82 Å². The van der Waals surface area contributed by atoms with E-state index in [0.717, 1.165) is 29.7 Å². The number of rotatable bonds is 7. The van der Waals surface area contributed by atoms with Gasteiger partial charge < -0.3 is 10.1 Å². The number of amides is 1. The highest BCUT2D eigenvalue weighted by atomic mass is 19.4. The lowest BCUT2D eigenvalue weighted by Crippen LogP contribution is -2.33. The van der Waals surface area contributed by atoms with Crippen LogP contribution >= 0.6 is 0 Å². The molecule has 1 N–H and O–H groups in total. The zero-order valence-electron chi connectivity index (χ0n) is 17.2. The van der Waals surface area contributed by atoms with Crippen molar-refractivity contribution >= 4 is 5.91 Å². The van der Waals surface area contributed by atoms with E-state index in [9.17, 15) is 22.8 Å². The zero-order valence-corrected chi connectivity index (χ0v) is 17.2. The van der Waals surface area contributed by atoms with Crippen molar-refractivity contribution in [2.24, 2.45) is 0 Å². The molecule has 1 aromatic heterocycles. The maximum Gasteiger partial charge on any atom is 0.416 e. The molecule has 2 aromatic carbocycles. The van der Waals surface area contributed by atoms with E-state index in [1.807, 2.05) is 0 Å². The van der Waals surface area contributed by atoms with Gasteiger partial charge in [-0.3, -0.25) is 9.36 Å². The fraction of sp³-hybridized carbons (Fsp3) is 0.318. The van der Waals surface area contributed by atoms with Gasteiger partial charge in [0.1, 0.15) is 12.3 Å². The summed E-state index contributed by atoms with van der Waals surface area (Å²) in [7, 11) is 1.54. The number of nitrogens with zero attached hydrogens (tertiary/aromatic N) is 3. The van der Waals surface area contributed by atoms with Gasteiger partial charge in [-0.2, -0.15) is 13.2 Å². The number of alkyl halides is 3. The summed E-state index contributed by atoms with van der Waals surface area (Å²) in [6, 6.07) is 11.9. The second kappa shape index (κ2) is 8.52. The molecule has 168 valence electrons. The van der Waals surface area contributed by atoms with Gasteiger partial charge in [0.05, 0.1) is 12.7 Å². The molecular formula is C22H21F3N4O3. The van der Waals surface area contributed by atoms with Crippen LogP contribution in [0.15, 0.2) is 53.3 Å². The molecule has 1 heterocycles. The highest BCUT2D eigenvalue weighted by Crippen LogP contribution is 2.37. The van der Waals surface area contributed by atoms with Crippen LogP contribution in [-0.4, -0.2) is 27.4 Å². The number of hydrogen-bond donors (Lipinski definition) is 1. The molecule has 3 aromatic rings. The Morgan fingerprint density at radius 3 is 2.62 bits per heavy atom. The summed E-state index contributed by atoms with van der Waals surface area (Å²) < 4.78 is 46.5. The van der Waals surface area contributed by atoms with E-state index < -0.39 is 23.3 Å². The van der Waals surface area contributed by atoms with Crippen molar-refractivity contribution in [1.29, 1.82) is 0 Å². The lowest BCUT2D eigenvalue weighted by Gasteiger charge is -2.09. The summed E-state index contributed by atoms with van der Waals surface area (Å²) in [5.74, 6) is 0.537. The van der Waals surface area contributed by atoms with E-state index in [0.29, 0.717) is 22.7 Å². The number of benzene rings is 2. The van der Waals surface area contributed by atoms with Crippen LogP contribution in [0.4, 0.5) is 13.2 Å². The number of ether oxygens (including phenoxy) is 1. The fourth-order valence-corrected chi connectivity index (χ4v) is 3.39. The molecule has 1 amide bonds. The summed E-state index contributed by atoms with van der Waals surface area (Å²) in [6.45, 7) is -0.432. The molecule has 1 saturated carbocycles. The molecule has 7 nitrogen and oxygen atoms in total. The fourth-order valence-electron chi connectivity index (χ4n) is 3.39. The molecule has 0 radical (unpaired) electrons. The van der Waals surface area contributed by atoms with E-state index in [2.05, 4.69) is 10.4 Å². The minimum absolute atomic E-state index is 0.0330. The molecule has 0 saturated heterocycles. The van der Waals surface area contributed by atoms with Crippen molar-refractivity contribution in [2.75, 3.05) is 7.11 Å². The van der Waals surface area contributed by atoms with E-state index in [-0.39, 0.29) is 19.1 Å². The average Bonchev–Trinajstić information content (AvgIpc) is 3.56. The normalized spacial score (nSPS) is 13.8. The first-order valence-corrected chi connectivity index (χ1v) is 10.0. The van der Waals surface area contributed by atoms with Gasteiger partial charge in [0.25, 0.3) is 0 Å². The summed E-state index contributed by atoms with van der Waals surface area (Å²) in [5, 5.41) is 6.91. The van der Waals surface area contributed by atoms with Crippen molar-refractivity contribution in [2.45, 2.75) is 38.1 Å². The van der Waals surface area contributed by atoms with Gasteiger partial charge >= 0.3 is 11.9 Å². The molecule has 4 rings (SSSR count). The van der Waals surface area contributed by atoms with Crippen molar-refractivity contribution in [1.82, 2.24) is 19.7 Å². The van der Waals surface area contributed by atoms with Crippen LogP contribution in [-0.2, 0) is 24.1 Å². The zero-order chi connectivity index (χ0) is 22.9.